The number of hydrogen-bond acceptors (Lipinski definition) is 3. The lowest BCUT2D eigenvalue weighted by atomic mass is 10.6. The van der Waals surface area contributed by atoms with Gasteiger partial charge in [-0.05, 0) is 0 Å². The highest BCUT2D eigenvalue weighted by atomic mass is 31.0. The van der Waals surface area contributed by atoms with Crippen LogP contribution in [0.25, 0.3) is 0 Å². The van der Waals surface area contributed by atoms with Crippen molar-refractivity contribution in [3.05, 3.63) is 0 Å². The van der Waals surface area contributed by atoms with Crippen LogP contribution in [0, 0.1) is 0 Å². The molecule has 0 aromatic rings. The van der Waals surface area contributed by atoms with Gasteiger partial charge >= 0.3 is 0 Å². The summed E-state index contributed by atoms with van der Waals surface area (Å²) in [6, 6.07) is 0. The van der Waals surface area contributed by atoms with Crippen molar-refractivity contribution in [2.45, 2.75) is 5.78 Å². The Balaban J connectivity index is 2.82. The highest BCUT2D eigenvalue weighted by Gasteiger charge is 2.25. The molecule has 1 heterocycles. The number of carbonyl (C=O) groups excluding carboxylic acids is 1. The van der Waals surface area contributed by atoms with Crippen molar-refractivity contribution in [1.82, 2.24) is 4.90 Å². The number of carbonyl (C=O) groups is 1. The quantitative estimate of drug-likeness (QED) is 0.443. The van der Waals surface area contributed by atoms with Gasteiger partial charge in [-0.1, -0.05) is 0 Å². The van der Waals surface area contributed by atoms with Gasteiger partial charge in [-0.2, -0.15) is 4.99 Å². The van der Waals surface area contributed by atoms with Crippen molar-refractivity contribution in [2.75, 3.05) is 7.05 Å². The van der Waals surface area contributed by atoms with Crippen molar-refractivity contribution >= 4 is 21.1 Å². The molecule has 1 amide bonds. The van der Waals surface area contributed by atoms with Gasteiger partial charge in [-0.15, -0.1) is 9.24 Å². The van der Waals surface area contributed by atoms with E-state index in [0.717, 1.165) is 0 Å². The lowest BCUT2D eigenvalue weighted by molar-refractivity contribution is -0.117. The van der Waals surface area contributed by atoms with E-state index in [1.807, 2.05) is 0 Å². The van der Waals surface area contributed by atoms with Crippen molar-refractivity contribution in [1.29, 1.82) is 0 Å². The van der Waals surface area contributed by atoms with Crippen molar-refractivity contribution in [2.24, 2.45) is 10.7 Å². The van der Waals surface area contributed by atoms with Gasteiger partial charge in [0.15, 0.2) is 5.96 Å². The Hall–Kier alpha value is -0.630. The standard InChI is InChI=1S/C4H8N3OP/c1-7-3(9)2(8)6-4(7)5/h3H,9H2,1H3,(H2,5,6,8). The maximum absolute atomic E-state index is 10.7. The largest absolute Gasteiger partial charge is 0.369 e. The van der Waals surface area contributed by atoms with Gasteiger partial charge in [-0.3, -0.25) is 4.79 Å². The Bertz CT molecular complexity index is 179. The molecule has 0 aromatic carbocycles. The molecule has 1 aliphatic heterocycles. The van der Waals surface area contributed by atoms with Crippen molar-refractivity contribution < 1.29 is 4.79 Å². The Morgan fingerprint density at radius 2 is 2.44 bits per heavy atom. The molecule has 0 fully saturated rings. The zero-order chi connectivity index (χ0) is 7.02. The highest BCUT2D eigenvalue weighted by Crippen LogP contribution is 2.12. The Morgan fingerprint density at radius 3 is 2.56 bits per heavy atom. The van der Waals surface area contributed by atoms with Gasteiger partial charge in [0.05, 0.1) is 0 Å². The molecular weight excluding hydrogens is 137 g/mol. The van der Waals surface area contributed by atoms with E-state index in [0.29, 0.717) is 5.96 Å². The van der Waals surface area contributed by atoms with Crippen LogP contribution in [0.5, 0.6) is 0 Å². The van der Waals surface area contributed by atoms with E-state index < -0.39 is 0 Å². The first kappa shape index (κ1) is 6.49. The molecule has 1 aliphatic rings. The molecule has 0 aromatic heterocycles. The summed E-state index contributed by atoms with van der Waals surface area (Å²) in [5.41, 5.74) is 5.30. The second-order valence-corrected chi connectivity index (χ2v) is 2.50. The fraction of sp³-hybridized carbons (Fsp3) is 0.500. The van der Waals surface area contributed by atoms with E-state index in [9.17, 15) is 4.79 Å². The molecule has 4 nitrogen and oxygen atoms in total. The number of likely N-dealkylation sites (N-methyl/N-ethyl adjacent to an activating group) is 1. The van der Waals surface area contributed by atoms with Gasteiger partial charge in [0.2, 0.25) is 0 Å². The zero-order valence-electron chi connectivity index (χ0n) is 5.03. The van der Waals surface area contributed by atoms with Crippen LogP contribution < -0.4 is 5.73 Å². The first-order chi connectivity index (χ1) is 4.13. The van der Waals surface area contributed by atoms with Crippen molar-refractivity contribution in [3.63, 3.8) is 0 Å². The summed E-state index contributed by atoms with van der Waals surface area (Å²) in [6.07, 6.45) is 0. The monoisotopic (exact) mass is 145 g/mol. The summed E-state index contributed by atoms with van der Waals surface area (Å²) in [5.74, 6) is -0.162. The number of aliphatic imine (C=N–C) groups is 1. The number of rotatable bonds is 0. The van der Waals surface area contributed by atoms with Crippen LogP contribution in [0.15, 0.2) is 4.99 Å². The second-order valence-electron chi connectivity index (χ2n) is 1.86. The smallest absolute Gasteiger partial charge is 0.275 e. The van der Waals surface area contributed by atoms with Crippen LogP contribution >= 0.6 is 9.24 Å². The lowest BCUT2D eigenvalue weighted by Gasteiger charge is -2.13. The maximum Gasteiger partial charge on any atom is 0.275 e. The molecule has 2 atom stereocenters. The summed E-state index contributed by atoms with van der Waals surface area (Å²) >= 11 is 0. The van der Waals surface area contributed by atoms with Crippen LogP contribution in [-0.2, 0) is 4.79 Å². The molecule has 0 aliphatic carbocycles. The van der Waals surface area contributed by atoms with E-state index >= 15 is 0 Å². The molecule has 50 valence electrons. The number of nitrogens with zero attached hydrogens (tertiary/aromatic N) is 2. The Morgan fingerprint density at radius 1 is 1.89 bits per heavy atom. The molecule has 0 radical (unpaired) electrons. The SMILES string of the molecule is CN1C(N)=NC(=O)C1P. The molecule has 5 heteroatoms. The maximum atomic E-state index is 10.7. The molecule has 0 saturated carbocycles. The molecule has 0 spiro atoms. The summed E-state index contributed by atoms with van der Waals surface area (Å²) in [7, 11) is 4.08. The van der Waals surface area contributed by atoms with Gasteiger partial charge in [0.1, 0.15) is 5.78 Å². The zero-order valence-corrected chi connectivity index (χ0v) is 6.19. The summed E-state index contributed by atoms with van der Waals surface area (Å²) in [5, 5.41) is 0. The van der Waals surface area contributed by atoms with E-state index in [2.05, 4.69) is 14.2 Å². The van der Waals surface area contributed by atoms with Crippen LogP contribution in [-0.4, -0.2) is 29.6 Å². The van der Waals surface area contributed by atoms with Crippen LogP contribution in [0.4, 0.5) is 0 Å². The summed E-state index contributed by atoms with van der Waals surface area (Å²) in [6.45, 7) is 0. The molecule has 9 heavy (non-hydrogen) atoms. The minimum atomic E-state index is -0.259. The minimum absolute atomic E-state index is 0.194. The van der Waals surface area contributed by atoms with Gasteiger partial charge in [0, 0.05) is 7.05 Å². The first-order valence-electron chi connectivity index (χ1n) is 2.49. The third-order valence-electron chi connectivity index (χ3n) is 1.26. The third kappa shape index (κ3) is 0.900. The summed E-state index contributed by atoms with van der Waals surface area (Å²) in [4.78, 5) is 15.8. The van der Waals surface area contributed by atoms with Crippen LogP contribution in [0.3, 0.4) is 0 Å². The van der Waals surface area contributed by atoms with E-state index in [4.69, 9.17) is 5.73 Å². The molecule has 2 unspecified atom stereocenters. The average Bonchev–Trinajstić information content (AvgIpc) is 1.98. The van der Waals surface area contributed by atoms with Gasteiger partial charge in [-0.25, -0.2) is 0 Å². The first-order valence-corrected chi connectivity index (χ1v) is 3.16. The van der Waals surface area contributed by atoms with Crippen molar-refractivity contribution in [3.8, 4) is 0 Å². The number of guanidine groups is 1. The molecule has 0 saturated heterocycles. The van der Waals surface area contributed by atoms with E-state index in [-0.39, 0.29) is 11.7 Å². The van der Waals surface area contributed by atoms with Crippen LogP contribution in [0.2, 0.25) is 0 Å². The Kier molecular flexibility index (Phi) is 1.41. The third-order valence-corrected chi connectivity index (χ3v) is 1.99. The number of nitrogens with two attached hydrogens (primary N) is 1. The number of amides is 1. The number of hydrogen-bond donors (Lipinski definition) is 1. The predicted octanol–water partition coefficient (Wildman–Crippen LogP) is -1.03. The van der Waals surface area contributed by atoms with E-state index in [1.165, 1.54) is 0 Å². The molecular formula is C4H8N3OP. The fourth-order valence-electron chi connectivity index (χ4n) is 0.566. The van der Waals surface area contributed by atoms with E-state index in [1.54, 1.807) is 11.9 Å². The topological polar surface area (TPSA) is 58.7 Å². The lowest BCUT2D eigenvalue weighted by Crippen LogP contribution is -2.34. The Labute approximate surface area is 55.3 Å². The van der Waals surface area contributed by atoms with Crippen LogP contribution in [0.1, 0.15) is 0 Å². The second kappa shape index (κ2) is 1.95. The molecule has 2 N–H and O–H groups in total. The fourth-order valence-corrected chi connectivity index (χ4v) is 0.793. The predicted molar refractivity (Wildman–Crippen MR) is 37.9 cm³/mol. The molecule has 0 bridgehead atoms. The highest BCUT2D eigenvalue weighted by molar-refractivity contribution is 7.19. The normalized spacial score (nSPS) is 26.9. The summed E-state index contributed by atoms with van der Waals surface area (Å²) < 4.78 is 0. The minimum Gasteiger partial charge on any atom is -0.369 e. The average molecular weight is 145 g/mol. The van der Waals surface area contributed by atoms with Gasteiger partial charge < -0.3 is 10.6 Å². The van der Waals surface area contributed by atoms with Gasteiger partial charge in [0.25, 0.3) is 5.91 Å². The molecule has 1 rings (SSSR count).